The van der Waals surface area contributed by atoms with Crippen molar-refractivity contribution in [1.82, 2.24) is 14.8 Å². The van der Waals surface area contributed by atoms with Gasteiger partial charge in [0.15, 0.2) is 0 Å². The Morgan fingerprint density at radius 2 is 0.731 bits per heavy atom. The third-order valence-electron chi connectivity index (χ3n) is 9.75. The lowest BCUT2D eigenvalue weighted by molar-refractivity contribution is 0.0743. The number of carbonyl (C=O) groups is 2. The summed E-state index contributed by atoms with van der Waals surface area (Å²) in [5, 5.41) is 0. The number of aryl methyl sites for hydroxylation is 4. The Labute approximate surface area is 311 Å². The minimum absolute atomic E-state index is 0.0202. The van der Waals surface area contributed by atoms with E-state index in [9.17, 15) is 9.59 Å². The van der Waals surface area contributed by atoms with Crippen molar-refractivity contribution in [1.29, 1.82) is 0 Å². The van der Waals surface area contributed by atoms with Crippen LogP contribution in [0.4, 0.5) is 0 Å². The largest absolute Gasteiger partial charge is 0.339 e. The second-order valence-corrected chi connectivity index (χ2v) is 13.8. The minimum Gasteiger partial charge on any atom is -0.339 e. The maximum absolute atomic E-state index is 14.1. The van der Waals surface area contributed by atoms with Crippen molar-refractivity contribution in [2.45, 2.75) is 77.0 Å². The SMILES string of the molecule is O=C(c1ccnc(C(=O)N(CCCCc2ccccc2)CCCCc2ccccc2)c1)N(CCCCc1ccccc1)CCCCc1ccccc1. The van der Waals surface area contributed by atoms with Crippen LogP contribution in [0.25, 0.3) is 0 Å². The van der Waals surface area contributed by atoms with Gasteiger partial charge in [-0.3, -0.25) is 14.6 Å². The van der Waals surface area contributed by atoms with E-state index in [1.54, 1.807) is 18.3 Å². The van der Waals surface area contributed by atoms with Gasteiger partial charge in [0.25, 0.3) is 11.8 Å². The highest BCUT2D eigenvalue weighted by Crippen LogP contribution is 2.15. The van der Waals surface area contributed by atoms with E-state index in [0.717, 1.165) is 77.0 Å². The number of benzene rings is 4. The number of rotatable bonds is 22. The lowest BCUT2D eigenvalue weighted by Crippen LogP contribution is -2.35. The number of unbranched alkanes of at least 4 members (excludes halogenated alkanes) is 4. The minimum atomic E-state index is -0.0913. The molecular weight excluding hydrogens is 639 g/mol. The second-order valence-electron chi connectivity index (χ2n) is 13.8. The van der Waals surface area contributed by atoms with Crippen molar-refractivity contribution >= 4 is 11.8 Å². The summed E-state index contributed by atoms with van der Waals surface area (Å²) in [4.78, 5) is 36.6. The molecule has 0 unspecified atom stereocenters. The summed E-state index contributed by atoms with van der Waals surface area (Å²) in [6.07, 6.45) is 13.3. The van der Waals surface area contributed by atoms with Crippen LogP contribution in [0.3, 0.4) is 0 Å². The van der Waals surface area contributed by atoms with Crippen LogP contribution >= 0.6 is 0 Å². The van der Waals surface area contributed by atoms with Crippen LogP contribution in [0.1, 0.15) is 94.5 Å². The van der Waals surface area contributed by atoms with Crippen molar-refractivity contribution in [3.05, 3.63) is 173 Å². The van der Waals surface area contributed by atoms with Crippen molar-refractivity contribution in [2.75, 3.05) is 26.2 Å². The normalized spacial score (nSPS) is 10.9. The third-order valence-corrected chi connectivity index (χ3v) is 9.75. The molecule has 2 amide bonds. The zero-order chi connectivity index (χ0) is 36.1. The summed E-state index contributed by atoms with van der Waals surface area (Å²) in [6, 6.07) is 45.6. The van der Waals surface area contributed by atoms with Crippen LogP contribution in [0.2, 0.25) is 0 Å². The van der Waals surface area contributed by atoms with E-state index in [1.165, 1.54) is 22.3 Å². The Bertz CT molecular complexity index is 1510. The summed E-state index contributed by atoms with van der Waals surface area (Å²) in [5.41, 5.74) is 6.18. The molecule has 1 heterocycles. The molecule has 0 aliphatic rings. The molecule has 4 aromatic carbocycles. The maximum atomic E-state index is 14.1. The van der Waals surface area contributed by atoms with E-state index in [-0.39, 0.29) is 11.8 Å². The smallest absolute Gasteiger partial charge is 0.272 e. The third kappa shape index (κ3) is 13.3. The Kier molecular flexibility index (Phi) is 16.2. The molecule has 0 radical (unpaired) electrons. The number of hydrogen-bond donors (Lipinski definition) is 0. The molecule has 5 aromatic rings. The van der Waals surface area contributed by atoms with Gasteiger partial charge < -0.3 is 9.80 Å². The van der Waals surface area contributed by atoms with Gasteiger partial charge in [-0.2, -0.15) is 0 Å². The number of aromatic nitrogens is 1. The van der Waals surface area contributed by atoms with E-state index in [4.69, 9.17) is 0 Å². The quantitative estimate of drug-likeness (QED) is 0.0678. The fourth-order valence-electron chi connectivity index (χ4n) is 6.76. The van der Waals surface area contributed by atoms with Gasteiger partial charge in [0, 0.05) is 37.9 Å². The first kappa shape index (κ1) is 38.2. The molecule has 5 nitrogen and oxygen atoms in total. The molecule has 5 rings (SSSR count). The van der Waals surface area contributed by atoms with Crippen molar-refractivity contribution < 1.29 is 9.59 Å². The molecule has 0 aliphatic heterocycles. The lowest BCUT2D eigenvalue weighted by atomic mass is 10.1. The number of carbonyl (C=O) groups excluding carboxylic acids is 2. The average Bonchev–Trinajstić information content (AvgIpc) is 3.20. The van der Waals surface area contributed by atoms with Gasteiger partial charge in [0.1, 0.15) is 5.69 Å². The first-order chi connectivity index (χ1) is 25.7. The summed E-state index contributed by atoms with van der Waals surface area (Å²) in [6.45, 7) is 2.73. The maximum Gasteiger partial charge on any atom is 0.272 e. The van der Waals surface area contributed by atoms with Crippen molar-refractivity contribution in [2.24, 2.45) is 0 Å². The summed E-state index contributed by atoms with van der Waals surface area (Å²) in [5.74, 6) is -0.112. The van der Waals surface area contributed by atoms with Gasteiger partial charge in [0.2, 0.25) is 0 Å². The molecular formula is C47H55N3O2. The summed E-state index contributed by atoms with van der Waals surface area (Å²) in [7, 11) is 0. The fourth-order valence-corrected chi connectivity index (χ4v) is 6.76. The van der Waals surface area contributed by atoms with Gasteiger partial charge in [0.05, 0.1) is 0 Å². The molecule has 0 spiro atoms. The van der Waals surface area contributed by atoms with Crippen LogP contribution in [-0.2, 0) is 25.7 Å². The zero-order valence-corrected chi connectivity index (χ0v) is 30.8. The molecule has 0 N–H and O–H groups in total. The Hall–Kier alpha value is -5.03. The van der Waals surface area contributed by atoms with E-state index >= 15 is 0 Å². The molecule has 0 bridgehead atoms. The molecule has 270 valence electrons. The summed E-state index contributed by atoms with van der Waals surface area (Å²) < 4.78 is 0. The Morgan fingerprint density at radius 3 is 1.08 bits per heavy atom. The molecule has 0 fully saturated rings. The fraction of sp³-hybridized carbons (Fsp3) is 0.340. The van der Waals surface area contributed by atoms with Gasteiger partial charge in [-0.15, -0.1) is 0 Å². The highest BCUT2D eigenvalue weighted by molar-refractivity contribution is 5.98. The van der Waals surface area contributed by atoms with Crippen molar-refractivity contribution in [3.63, 3.8) is 0 Å². The number of pyridine rings is 1. The monoisotopic (exact) mass is 693 g/mol. The van der Waals surface area contributed by atoms with Crippen LogP contribution in [-0.4, -0.2) is 52.8 Å². The highest BCUT2D eigenvalue weighted by atomic mass is 16.2. The topological polar surface area (TPSA) is 53.5 Å². The van der Waals surface area contributed by atoms with Crippen LogP contribution in [0.15, 0.2) is 140 Å². The van der Waals surface area contributed by atoms with Crippen LogP contribution in [0.5, 0.6) is 0 Å². The molecule has 1 aromatic heterocycles. The standard InChI is InChI=1S/C47H55N3O2/c51-46(49(35-17-13-29-40-21-5-1-6-22-40)36-18-14-30-41-23-7-2-8-24-41)44-33-34-48-45(39-44)47(52)50(37-19-15-31-42-25-9-3-10-26-42)38-20-16-32-43-27-11-4-12-28-43/h1-12,21-28,33-34,39H,13-20,29-32,35-38H2. The molecule has 0 aliphatic carbocycles. The molecule has 0 atom stereocenters. The van der Waals surface area contributed by atoms with E-state index < -0.39 is 0 Å². The van der Waals surface area contributed by atoms with Crippen molar-refractivity contribution in [3.8, 4) is 0 Å². The first-order valence-electron chi connectivity index (χ1n) is 19.4. The molecule has 0 saturated carbocycles. The number of amides is 2. The van der Waals surface area contributed by atoms with Crippen LogP contribution in [0, 0.1) is 0 Å². The number of nitrogens with zero attached hydrogens (tertiary/aromatic N) is 3. The Balaban J connectivity index is 1.22. The second kappa shape index (κ2) is 22.0. The van der Waals surface area contributed by atoms with Gasteiger partial charge in [-0.1, -0.05) is 121 Å². The molecule has 52 heavy (non-hydrogen) atoms. The van der Waals surface area contributed by atoms with Crippen LogP contribution < -0.4 is 0 Å². The van der Waals surface area contributed by atoms with Gasteiger partial charge >= 0.3 is 0 Å². The lowest BCUT2D eigenvalue weighted by Gasteiger charge is -2.24. The predicted octanol–water partition coefficient (Wildman–Crippen LogP) is 10.1. The Morgan fingerprint density at radius 1 is 0.404 bits per heavy atom. The average molecular weight is 694 g/mol. The number of hydrogen-bond acceptors (Lipinski definition) is 3. The molecule has 0 saturated heterocycles. The summed E-state index contributed by atoms with van der Waals surface area (Å²) >= 11 is 0. The zero-order valence-electron chi connectivity index (χ0n) is 30.8. The van der Waals surface area contributed by atoms with E-state index in [1.807, 2.05) is 34.1 Å². The highest BCUT2D eigenvalue weighted by Gasteiger charge is 2.21. The van der Waals surface area contributed by atoms with Gasteiger partial charge in [-0.25, -0.2) is 0 Å². The predicted molar refractivity (Wildman–Crippen MR) is 214 cm³/mol. The first-order valence-corrected chi connectivity index (χ1v) is 19.4. The van der Waals surface area contributed by atoms with E-state index in [2.05, 4.69) is 102 Å². The van der Waals surface area contributed by atoms with Gasteiger partial charge in [-0.05, 0) is 111 Å². The molecule has 5 heteroatoms. The van der Waals surface area contributed by atoms with E-state index in [0.29, 0.717) is 37.4 Å².